The highest BCUT2D eigenvalue weighted by molar-refractivity contribution is 5.98. The van der Waals surface area contributed by atoms with Crippen LogP contribution < -0.4 is 4.74 Å². The topological polar surface area (TPSA) is 9.23 Å². The second-order valence-electron chi connectivity index (χ2n) is 7.05. The molecular weight excluding hydrogens is 352 g/mol. The Labute approximate surface area is 176 Å². The molecule has 0 N–H and O–H groups in total. The first-order valence-electron chi connectivity index (χ1n) is 12.0. The summed E-state index contributed by atoms with van der Waals surface area (Å²) < 4.78 is 47.3. The zero-order chi connectivity index (χ0) is 23.6. The average Bonchev–Trinajstić information content (AvgIpc) is 2.99. The zero-order valence-corrected chi connectivity index (χ0v) is 15.4. The lowest BCUT2D eigenvalue weighted by molar-refractivity contribution is 0.488. The van der Waals surface area contributed by atoms with Crippen molar-refractivity contribution in [3.63, 3.8) is 0 Å². The second kappa shape index (κ2) is 6.35. The van der Waals surface area contributed by atoms with Crippen LogP contribution in [-0.2, 0) is 0 Å². The SMILES string of the molecule is [2H]c1c([2H])c([2H])c(-c2ccc3c(c2)-c2ccccc2Oc2cc4ccccc4cc2-3)c([2H])c1[2H]. The first kappa shape index (κ1) is 11.9. The fraction of sp³-hybridized carbons (Fsp3) is 0. The molecule has 0 saturated heterocycles. The van der Waals surface area contributed by atoms with Crippen LogP contribution in [0.5, 0.6) is 11.5 Å². The van der Waals surface area contributed by atoms with Crippen molar-refractivity contribution in [2.75, 3.05) is 0 Å². The molecule has 0 saturated carbocycles. The number of rotatable bonds is 1. The normalized spacial score (nSPS) is 14.1. The maximum absolute atomic E-state index is 8.41. The number of para-hydroxylation sites is 1. The molecule has 0 aromatic heterocycles. The van der Waals surface area contributed by atoms with Crippen molar-refractivity contribution in [3.05, 3.63) is 109 Å². The largest absolute Gasteiger partial charge is 0.456 e. The molecule has 0 spiro atoms. The van der Waals surface area contributed by atoms with E-state index in [1.165, 1.54) is 0 Å². The summed E-state index contributed by atoms with van der Waals surface area (Å²) in [6.07, 6.45) is 0. The van der Waals surface area contributed by atoms with Crippen LogP contribution in [0.2, 0.25) is 0 Å². The third-order valence-corrected chi connectivity index (χ3v) is 5.34. The smallest absolute Gasteiger partial charge is 0.135 e. The Kier molecular flexibility index (Phi) is 2.60. The van der Waals surface area contributed by atoms with Crippen molar-refractivity contribution in [2.24, 2.45) is 0 Å². The molecule has 0 bridgehead atoms. The molecule has 0 radical (unpaired) electrons. The highest BCUT2D eigenvalue weighted by atomic mass is 16.5. The van der Waals surface area contributed by atoms with Crippen LogP contribution in [0.3, 0.4) is 0 Å². The lowest BCUT2D eigenvalue weighted by Gasteiger charge is -2.12. The summed E-state index contributed by atoms with van der Waals surface area (Å²) in [5.41, 5.74) is 4.42. The maximum Gasteiger partial charge on any atom is 0.135 e. The second-order valence-corrected chi connectivity index (χ2v) is 7.05. The fourth-order valence-corrected chi connectivity index (χ4v) is 3.96. The van der Waals surface area contributed by atoms with Crippen molar-refractivity contribution in [2.45, 2.75) is 0 Å². The highest BCUT2D eigenvalue weighted by Crippen LogP contribution is 2.48. The third kappa shape index (κ3) is 2.63. The third-order valence-electron chi connectivity index (χ3n) is 5.34. The highest BCUT2D eigenvalue weighted by Gasteiger charge is 2.21. The summed E-state index contributed by atoms with van der Waals surface area (Å²) in [7, 11) is 0. The predicted molar refractivity (Wildman–Crippen MR) is 120 cm³/mol. The number of benzene rings is 5. The minimum atomic E-state index is -0.395. The van der Waals surface area contributed by atoms with Crippen LogP contribution in [0.4, 0.5) is 0 Å². The Bertz CT molecular complexity index is 1610. The molecule has 0 fully saturated rings. The van der Waals surface area contributed by atoms with Crippen LogP contribution in [0.25, 0.3) is 44.2 Å². The van der Waals surface area contributed by atoms with E-state index in [2.05, 4.69) is 18.2 Å². The molecule has 1 heterocycles. The van der Waals surface area contributed by atoms with E-state index < -0.39 is 6.04 Å². The van der Waals surface area contributed by atoms with Gasteiger partial charge in [-0.25, -0.2) is 0 Å². The lowest BCUT2D eigenvalue weighted by Crippen LogP contribution is -1.87. The molecule has 5 aromatic rings. The van der Waals surface area contributed by atoms with E-state index in [1.54, 1.807) is 0 Å². The molecule has 1 heteroatoms. The molecule has 0 unspecified atom stereocenters. The van der Waals surface area contributed by atoms with Crippen molar-refractivity contribution >= 4 is 10.8 Å². The number of fused-ring (bicyclic) bond motifs is 6. The van der Waals surface area contributed by atoms with Crippen molar-refractivity contribution in [3.8, 4) is 44.9 Å². The van der Waals surface area contributed by atoms with E-state index in [1.807, 2.05) is 60.7 Å². The van der Waals surface area contributed by atoms with Gasteiger partial charge in [0.25, 0.3) is 0 Å². The van der Waals surface area contributed by atoms with Crippen LogP contribution in [-0.4, -0.2) is 0 Å². The van der Waals surface area contributed by atoms with Gasteiger partial charge >= 0.3 is 0 Å². The number of ether oxygens (including phenoxy) is 1. The monoisotopic (exact) mass is 375 g/mol. The van der Waals surface area contributed by atoms with E-state index >= 15 is 0 Å². The van der Waals surface area contributed by atoms with Gasteiger partial charge in [0.2, 0.25) is 0 Å². The molecule has 29 heavy (non-hydrogen) atoms. The fourth-order valence-electron chi connectivity index (χ4n) is 3.96. The summed E-state index contributed by atoms with van der Waals surface area (Å²) in [5.74, 6) is 1.46. The van der Waals surface area contributed by atoms with Crippen LogP contribution in [0.1, 0.15) is 6.85 Å². The molecule has 0 amide bonds. The Morgan fingerprint density at radius 1 is 0.517 bits per heavy atom. The summed E-state index contributed by atoms with van der Waals surface area (Å²) >= 11 is 0. The van der Waals surface area contributed by atoms with Crippen LogP contribution in [0, 0.1) is 0 Å². The standard InChI is InChI=1S/C28H18O/c1-2-8-19(9-3-1)22-14-15-23-25(16-22)24-12-6-7-13-27(24)29-28-18-21-11-5-4-10-20(21)17-26(23)28/h1-18H/i1D,2D,3D,8D,9D. The first-order chi connectivity index (χ1) is 16.4. The maximum atomic E-state index is 8.41. The van der Waals surface area contributed by atoms with E-state index in [4.69, 9.17) is 11.6 Å². The van der Waals surface area contributed by atoms with E-state index in [0.29, 0.717) is 11.3 Å². The van der Waals surface area contributed by atoms with Gasteiger partial charge in [-0.3, -0.25) is 0 Å². The Balaban J connectivity index is 1.67. The van der Waals surface area contributed by atoms with Crippen molar-refractivity contribution in [1.29, 1.82) is 0 Å². The molecule has 136 valence electrons. The quantitative estimate of drug-likeness (QED) is 0.283. The Morgan fingerprint density at radius 2 is 1.28 bits per heavy atom. The van der Waals surface area contributed by atoms with Gasteiger partial charge < -0.3 is 4.74 Å². The van der Waals surface area contributed by atoms with E-state index in [0.717, 1.165) is 38.8 Å². The van der Waals surface area contributed by atoms with Crippen LogP contribution >= 0.6 is 0 Å². The van der Waals surface area contributed by atoms with Gasteiger partial charge in [-0.05, 0) is 57.3 Å². The zero-order valence-electron chi connectivity index (χ0n) is 20.4. The average molecular weight is 375 g/mol. The van der Waals surface area contributed by atoms with Crippen LogP contribution in [0.15, 0.2) is 109 Å². The van der Waals surface area contributed by atoms with Crippen molar-refractivity contribution < 1.29 is 11.6 Å². The molecule has 1 nitrogen and oxygen atoms in total. The molecule has 0 atom stereocenters. The van der Waals surface area contributed by atoms with Gasteiger partial charge in [0.1, 0.15) is 11.5 Å². The molecule has 6 rings (SSSR count). The van der Waals surface area contributed by atoms with Gasteiger partial charge in [-0.2, -0.15) is 0 Å². The predicted octanol–water partition coefficient (Wildman–Crippen LogP) is 7.95. The lowest BCUT2D eigenvalue weighted by atomic mass is 9.90. The van der Waals surface area contributed by atoms with Gasteiger partial charge in [-0.15, -0.1) is 0 Å². The molecule has 0 aliphatic carbocycles. The minimum Gasteiger partial charge on any atom is -0.456 e. The summed E-state index contributed by atoms with van der Waals surface area (Å²) in [5, 5.41) is 2.18. The minimum absolute atomic E-state index is 0.190. The molecule has 1 aliphatic heterocycles. The molecular formula is C28H18O. The Hall–Kier alpha value is -3.84. The van der Waals surface area contributed by atoms with Gasteiger partial charge in [0, 0.05) is 11.1 Å². The summed E-state index contributed by atoms with van der Waals surface area (Å²) in [6.45, 7) is 0. The summed E-state index contributed by atoms with van der Waals surface area (Å²) in [6, 6.07) is 24.2. The first-order valence-corrected chi connectivity index (χ1v) is 9.46. The van der Waals surface area contributed by atoms with Gasteiger partial charge in [-0.1, -0.05) is 84.8 Å². The van der Waals surface area contributed by atoms with E-state index in [-0.39, 0.29) is 29.7 Å². The van der Waals surface area contributed by atoms with E-state index in [9.17, 15) is 0 Å². The van der Waals surface area contributed by atoms with Crippen molar-refractivity contribution in [1.82, 2.24) is 0 Å². The molecule has 1 aliphatic rings. The molecule has 5 aromatic carbocycles. The summed E-state index contributed by atoms with van der Waals surface area (Å²) in [4.78, 5) is 0. The van der Waals surface area contributed by atoms with Gasteiger partial charge in [0.15, 0.2) is 0 Å². The van der Waals surface area contributed by atoms with Gasteiger partial charge in [0.05, 0.1) is 6.85 Å². The Morgan fingerprint density at radius 3 is 2.14 bits per heavy atom. The number of hydrogen-bond acceptors (Lipinski definition) is 1. The number of hydrogen-bond donors (Lipinski definition) is 0.